The number of phenolic OH excluding ortho intramolecular Hbond substituents is 1. The first-order valence-corrected chi connectivity index (χ1v) is 9.69. The zero-order chi connectivity index (χ0) is 23.0. The Morgan fingerprint density at radius 1 is 1.00 bits per heavy atom. The molecule has 0 spiro atoms. The largest absolute Gasteiger partial charge is 0.508 e. The van der Waals surface area contributed by atoms with Crippen molar-refractivity contribution in [3.05, 3.63) is 105 Å². The number of non-ortho nitro benzene ring substituents is 1. The van der Waals surface area contributed by atoms with Crippen LogP contribution in [0.4, 0.5) is 11.4 Å². The highest BCUT2D eigenvalue weighted by atomic mass is 16.6. The van der Waals surface area contributed by atoms with E-state index in [1.54, 1.807) is 30.3 Å². The molecule has 1 atom stereocenters. The monoisotopic (exact) mass is 430 g/mol. The third kappa shape index (κ3) is 3.58. The minimum absolute atomic E-state index is 0.0307. The van der Waals surface area contributed by atoms with Crippen molar-refractivity contribution in [1.29, 1.82) is 0 Å². The van der Waals surface area contributed by atoms with E-state index in [4.69, 9.17) is 0 Å². The molecule has 0 saturated carbocycles. The third-order valence-electron chi connectivity index (χ3n) is 5.29. The zero-order valence-corrected chi connectivity index (χ0v) is 16.9. The molecule has 0 bridgehead atoms. The van der Waals surface area contributed by atoms with E-state index >= 15 is 0 Å². The highest BCUT2D eigenvalue weighted by molar-refractivity contribution is 6.51. The number of benzene rings is 3. The lowest BCUT2D eigenvalue weighted by atomic mass is 9.94. The Hall–Kier alpha value is -4.46. The van der Waals surface area contributed by atoms with E-state index in [-0.39, 0.29) is 22.8 Å². The molecule has 8 nitrogen and oxygen atoms in total. The average Bonchev–Trinajstić information content (AvgIpc) is 3.05. The third-order valence-corrected chi connectivity index (χ3v) is 5.29. The molecule has 0 aromatic heterocycles. The number of rotatable bonds is 4. The average molecular weight is 430 g/mol. The van der Waals surface area contributed by atoms with E-state index in [9.17, 15) is 29.9 Å². The van der Waals surface area contributed by atoms with Gasteiger partial charge in [0, 0.05) is 23.4 Å². The quantitative estimate of drug-likeness (QED) is 0.210. The van der Waals surface area contributed by atoms with E-state index in [2.05, 4.69) is 0 Å². The van der Waals surface area contributed by atoms with Gasteiger partial charge in [0.15, 0.2) is 0 Å². The second-order valence-corrected chi connectivity index (χ2v) is 7.40. The molecule has 32 heavy (non-hydrogen) atoms. The summed E-state index contributed by atoms with van der Waals surface area (Å²) >= 11 is 0. The van der Waals surface area contributed by atoms with Crippen LogP contribution in [-0.2, 0) is 9.59 Å². The number of nitro benzene ring substituents is 1. The molecular formula is C24H18N2O6. The lowest BCUT2D eigenvalue weighted by molar-refractivity contribution is -0.384. The fourth-order valence-electron chi connectivity index (χ4n) is 3.70. The van der Waals surface area contributed by atoms with Gasteiger partial charge in [-0.1, -0.05) is 42.0 Å². The van der Waals surface area contributed by atoms with E-state index in [0.29, 0.717) is 16.8 Å². The molecule has 8 heteroatoms. The van der Waals surface area contributed by atoms with Crippen molar-refractivity contribution in [2.75, 3.05) is 4.90 Å². The number of aliphatic hydroxyl groups excluding tert-OH is 1. The SMILES string of the molecule is Cc1ccc(C(O)=C2C(=O)C(=O)N(c3ccc(O)cc3)C2c2cccc([N+](=O)[O-])c2)cc1. The van der Waals surface area contributed by atoms with E-state index in [1.807, 2.05) is 6.92 Å². The molecular weight excluding hydrogens is 412 g/mol. The van der Waals surface area contributed by atoms with Gasteiger partial charge < -0.3 is 10.2 Å². The first-order chi connectivity index (χ1) is 15.3. The van der Waals surface area contributed by atoms with Crippen LogP contribution in [0.15, 0.2) is 78.4 Å². The number of aromatic hydroxyl groups is 1. The fraction of sp³-hybridized carbons (Fsp3) is 0.0833. The molecule has 0 radical (unpaired) electrons. The highest BCUT2D eigenvalue weighted by Crippen LogP contribution is 2.43. The number of aliphatic hydroxyl groups is 1. The maximum atomic E-state index is 13.0. The van der Waals surface area contributed by atoms with Gasteiger partial charge in [0.1, 0.15) is 11.5 Å². The molecule has 160 valence electrons. The molecule has 1 amide bonds. The summed E-state index contributed by atoms with van der Waals surface area (Å²) in [5.74, 6) is -2.20. The molecule has 0 aliphatic carbocycles. The topological polar surface area (TPSA) is 121 Å². The number of anilines is 1. The van der Waals surface area contributed by atoms with Crippen LogP contribution < -0.4 is 4.90 Å². The van der Waals surface area contributed by atoms with E-state index < -0.39 is 22.7 Å². The minimum Gasteiger partial charge on any atom is -0.508 e. The van der Waals surface area contributed by atoms with E-state index in [1.165, 1.54) is 47.4 Å². The molecule has 1 heterocycles. The van der Waals surface area contributed by atoms with Gasteiger partial charge in [-0.05, 0) is 36.8 Å². The first kappa shape index (κ1) is 20.8. The molecule has 1 saturated heterocycles. The Labute approximate surface area is 182 Å². The van der Waals surface area contributed by atoms with Crippen molar-refractivity contribution in [1.82, 2.24) is 0 Å². The summed E-state index contributed by atoms with van der Waals surface area (Å²) in [6, 6.07) is 16.9. The fourth-order valence-corrected chi connectivity index (χ4v) is 3.70. The summed E-state index contributed by atoms with van der Waals surface area (Å²) in [6.45, 7) is 1.87. The van der Waals surface area contributed by atoms with Crippen LogP contribution in [0, 0.1) is 17.0 Å². The predicted octanol–water partition coefficient (Wildman–Crippen LogP) is 4.24. The Bertz CT molecular complexity index is 1260. The molecule has 1 fully saturated rings. The van der Waals surface area contributed by atoms with Crippen molar-refractivity contribution < 1.29 is 24.7 Å². The Balaban J connectivity index is 1.96. The van der Waals surface area contributed by atoms with Gasteiger partial charge in [-0.25, -0.2) is 0 Å². The summed E-state index contributed by atoms with van der Waals surface area (Å²) < 4.78 is 0. The predicted molar refractivity (Wildman–Crippen MR) is 117 cm³/mol. The Morgan fingerprint density at radius 3 is 2.28 bits per heavy atom. The van der Waals surface area contributed by atoms with Crippen molar-refractivity contribution in [3.8, 4) is 5.75 Å². The van der Waals surface area contributed by atoms with Gasteiger partial charge >= 0.3 is 0 Å². The number of carbonyl (C=O) groups is 2. The summed E-state index contributed by atoms with van der Waals surface area (Å²) in [7, 11) is 0. The number of carbonyl (C=O) groups excluding carboxylic acids is 2. The number of aryl methyl sites for hydroxylation is 1. The van der Waals surface area contributed by atoms with Crippen LogP contribution in [0.25, 0.3) is 5.76 Å². The second-order valence-electron chi connectivity index (χ2n) is 7.40. The second kappa shape index (κ2) is 7.99. The lowest BCUT2D eigenvalue weighted by Gasteiger charge is -2.25. The molecule has 1 aliphatic heterocycles. The van der Waals surface area contributed by atoms with Gasteiger partial charge in [-0.3, -0.25) is 24.6 Å². The van der Waals surface area contributed by atoms with Gasteiger partial charge in [0.2, 0.25) is 0 Å². The molecule has 3 aromatic rings. The number of phenols is 1. The number of ketones is 1. The van der Waals surface area contributed by atoms with Crippen LogP contribution in [0.5, 0.6) is 5.75 Å². The van der Waals surface area contributed by atoms with Gasteiger partial charge in [0.25, 0.3) is 17.4 Å². The summed E-state index contributed by atoms with van der Waals surface area (Å²) in [4.78, 5) is 38.0. The number of Topliss-reactive ketones (excluding diaryl/α,β-unsaturated/α-hetero) is 1. The van der Waals surface area contributed by atoms with Crippen molar-refractivity contribution in [3.63, 3.8) is 0 Å². The van der Waals surface area contributed by atoms with Crippen LogP contribution >= 0.6 is 0 Å². The lowest BCUT2D eigenvalue weighted by Crippen LogP contribution is -2.29. The normalized spacial score (nSPS) is 17.5. The molecule has 4 rings (SSSR count). The standard InChI is InChI=1S/C24H18N2O6/c1-14-5-7-15(8-6-14)22(28)20-21(16-3-2-4-18(13-16)26(31)32)25(24(30)23(20)29)17-9-11-19(27)12-10-17/h2-13,21,27-28H,1H3. The van der Waals surface area contributed by atoms with Gasteiger partial charge in [0.05, 0.1) is 16.5 Å². The van der Waals surface area contributed by atoms with Crippen molar-refractivity contribution >= 4 is 28.8 Å². The first-order valence-electron chi connectivity index (χ1n) is 9.69. The van der Waals surface area contributed by atoms with Crippen molar-refractivity contribution in [2.45, 2.75) is 13.0 Å². The van der Waals surface area contributed by atoms with Crippen LogP contribution in [0.2, 0.25) is 0 Å². The van der Waals surface area contributed by atoms with Crippen LogP contribution in [-0.4, -0.2) is 26.8 Å². The number of hydrogen-bond acceptors (Lipinski definition) is 6. The maximum Gasteiger partial charge on any atom is 0.300 e. The summed E-state index contributed by atoms with van der Waals surface area (Å²) in [6.07, 6.45) is 0. The number of hydrogen-bond donors (Lipinski definition) is 2. The molecule has 3 aromatic carbocycles. The smallest absolute Gasteiger partial charge is 0.300 e. The summed E-state index contributed by atoms with van der Waals surface area (Å²) in [5.41, 5.74) is 1.49. The van der Waals surface area contributed by atoms with Gasteiger partial charge in [-0.2, -0.15) is 0 Å². The molecule has 2 N–H and O–H groups in total. The minimum atomic E-state index is -1.10. The highest BCUT2D eigenvalue weighted by Gasteiger charge is 2.47. The van der Waals surface area contributed by atoms with Crippen molar-refractivity contribution in [2.24, 2.45) is 0 Å². The number of nitro groups is 1. The van der Waals surface area contributed by atoms with Crippen LogP contribution in [0.3, 0.4) is 0 Å². The van der Waals surface area contributed by atoms with Crippen LogP contribution in [0.1, 0.15) is 22.7 Å². The Kier molecular flexibility index (Phi) is 5.19. The Morgan fingerprint density at radius 2 is 1.66 bits per heavy atom. The number of amides is 1. The summed E-state index contributed by atoms with van der Waals surface area (Å²) in [5, 5.41) is 32.0. The zero-order valence-electron chi connectivity index (χ0n) is 16.9. The van der Waals surface area contributed by atoms with Gasteiger partial charge in [-0.15, -0.1) is 0 Å². The van der Waals surface area contributed by atoms with E-state index in [0.717, 1.165) is 5.56 Å². The molecule has 1 aliphatic rings. The molecule has 1 unspecified atom stereocenters. The number of nitrogens with zero attached hydrogens (tertiary/aromatic N) is 2. The maximum absolute atomic E-state index is 13.0.